The Bertz CT molecular complexity index is 967. The van der Waals surface area contributed by atoms with Crippen LogP contribution >= 0.6 is 11.3 Å². The normalized spacial score (nSPS) is 17.5. The van der Waals surface area contributed by atoms with Crippen LogP contribution in [0.1, 0.15) is 29.2 Å². The molecule has 3 aromatic heterocycles. The summed E-state index contributed by atoms with van der Waals surface area (Å²) in [5.74, 6) is 0.375. The number of fused-ring (bicyclic) bond motifs is 1. The molecule has 126 valence electrons. The summed E-state index contributed by atoms with van der Waals surface area (Å²) in [4.78, 5) is 8.57. The van der Waals surface area contributed by atoms with Gasteiger partial charge in [-0.05, 0) is 55.5 Å². The zero-order valence-electron chi connectivity index (χ0n) is 13.4. The summed E-state index contributed by atoms with van der Waals surface area (Å²) >= 11 is 1.35. The number of H-pyrrole nitrogens is 1. The van der Waals surface area contributed by atoms with Crippen molar-refractivity contribution in [3.05, 3.63) is 47.1 Å². The van der Waals surface area contributed by atoms with E-state index < -0.39 is 10.0 Å². The first-order valence-corrected chi connectivity index (χ1v) is 10.3. The SMILES string of the molecule is Cc1ccc(S(=O)(=O)N2CCC(c3c[nH]c4ncccc34)CC2)s1. The third kappa shape index (κ3) is 2.66. The molecule has 0 spiro atoms. The Balaban J connectivity index is 1.53. The topological polar surface area (TPSA) is 66.1 Å². The second kappa shape index (κ2) is 5.98. The van der Waals surface area contributed by atoms with Crippen molar-refractivity contribution in [2.45, 2.75) is 29.9 Å². The molecule has 0 saturated carbocycles. The van der Waals surface area contributed by atoms with Crippen LogP contribution < -0.4 is 0 Å². The predicted molar refractivity (Wildman–Crippen MR) is 95.9 cm³/mol. The minimum absolute atomic E-state index is 0.375. The molecule has 4 heterocycles. The summed E-state index contributed by atoms with van der Waals surface area (Å²) < 4.78 is 27.5. The number of sulfonamides is 1. The van der Waals surface area contributed by atoms with Crippen molar-refractivity contribution in [1.82, 2.24) is 14.3 Å². The largest absolute Gasteiger partial charge is 0.346 e. The number of thiophene rings is 1. The molecule has 5 nitrogen and oxygen atoms in total. The van der Waals surface area contributed by atoms with Gasteiger partial charge in [0.05, 0.1) is 0 Å². The highest BCUT2D eigenvalue weighted by atomic mass is 32.2. The quantitative estimate of drug-likeness (QED) is 0.776. The summed E-state index contributed by atoms with van der Waals surface area (Å²) in [6.45, 7) is 3.06. The highest BCUT2D eigenvalue weighted by Crippen LogP contribution is 2.35. The van der Waals surface area contributed by atoms with Crippen LogP contribution in [0.4, 0.5) is 0 Å². The molecular formula is C17H19N3O2S2. The van der Waals surface area contributed by atoms with Gasteiger partial charge in [-0.2, -0.15) is 4.31 Å². The molecule has 1 aliphatic rings. The lowest BCUT2D eigenvalue weighted by Crippen LogP contribution is -2.37. The average molecular weight is 361 g/mol. The molecule has 0 aliphatic carbocycles. The van der Waals surface area contributed by atoms with Crippen LogP contribution in [0.15, 0.2) is 40.9 Å². The zero-order valence-corrected chi connectivity index (χ0v) is 15.0. The van der Waals surface area contributed by atoms with Gasteiger partial charge < -0.3 is 4.98 Å². The van der Waals surface area contributed by atoms with Gasteiger partial charge in [0.1, 0.15) is 9.86 Å². The number of pyridine rings is 1. The fraction of sp³-hybridized carbons (Fsp3) is 0.353. The molecule has 0 amide bonds. The van der Waals surface area contributed by atoms with Crippen LogP contribution in [0.5, 0.6) is 0 Å². The molecule has 0 bridgehead atoms. The first-order chi connectivity index (χ1) is 11.6. The highest BCUT2D eigenvalue weighted by molar-refractivity contribution is 7.91. The van der Waals surface area contributed by atoms with Crippen molar-refractivity contribution in [1.29, 1.82) is 0 Å². The second-order valence-electron chi connectivity index (χ2n) is 6.19. The van der Waals surface area contributed by atoms with E-state index in [1.165, 1.54) is 16.9 Å². The van der Waals surface area contributed by atoms with Gasteiger partial charge in [-0.1, -0.05) is 0 Å². The molecule has 0 unspecified atom stereocenters. The van der Waals surface area contributed by atoms with Gasteiger partial charge in [0.25, 0.3) is 10.0 Å². The smallest absolute Gasteiger partial charge is 0.252 e. The number of hydrogen-bond acceptors (Lipinski definition) is 4. The van der Waals surface area contributed by atoms with Gasteiger partial charge in [0.2, 0.25) is 0 Å². The number of rotatable bonds is 3. The highest BCUT2D eigenvalue weighted by Gasteiger charge is 2.31. The Morgan fingerprint density at radius 3 is 2.75 bits per heavy atom. The van der Waals surface area contributed by atoms with Gasteiger partial charge in [0, 0.05) is 35.7 Å². The summed E-state index contributed by atoms with van der Waals surface area (Å²) in [5, 5.41) is 1.15. The lowest BCUT2D eigenvalue weighted by Gasteiger charge is -2.30. The molecule has 24 heavy (non-hydrogen) atoms. The lowest BCUT2D eigenvalue weighted by molar-refractivity contribution is 0.321. The summed E-state index contributed by atoms with van der Waals surface area (Å²) in [6.07, 6.45) is 5.48. The standard InChI is InChI=1S/C17H19N3O2S2/c1-12-4-5-16(23-12)24(21,22)20-9-6-13(7-10-20)15-11-19-17-14(15)3-2-8-18-17/h2-5,8,11,13H,6-7,9-10H2,1H3,(H,18,19). The predicted octanol–water partition coefficient (Wildman–Crippen LogP) is 3.50. The molecule has 0 atom stereocenters. The van der Waals surface area contributed by atoms with Crippen LogP contribution in [0.2, 0.25) is 0 Å². The van der Waals surface area contributed by atoms with Gasteiger partial charge in [-0.15, -0.1) is 11.3 Å². The van der Waals surface area contributed by atoms with E-state index in [4.69, 9.17) is 0 Å². The van der Waals surface area contributed by atoms with Gasteiger partial charge >= 0.3 is 0 Å². The van der Waals surface area contributed by atoms with Crippen molar-refractivity contribution in [3.8, 4) is 0 Å². The van der Waals surface area contributed by atoms with E-state index in [1.807, 2.05) is 25.3 Å². The molecule has 0 radical (unpaired) electrons. The van der Waals surface area contributed by atoms with E-state index in [9.17, 15) is 8.42 Å². The van der Waals surface area contributed by atoms with Crippen LogP contribution in [-0.2, 0) is 10.0 Å². The number of hydrogen-bond donors (Lipinski definition) is 1. The van der Waals surface area contributed by atoms with E-state index in [-0.39, 0.29) is 0 Å². The van der Waals surface area contributed by atoms with Gasteiger partial charge in [-0.25, -0.2) is 13.4 Å². The van der Waals surface area contributed by atoms with E-state index in [2.05, 4.69) is 16.0 Å². The Kier molecular flexibility index (Phi) is 3.94. The molecule has 4 rings (SSSR count). The average Bonchev–Trinajstić information content (AvgIpc) is 3.21. The molecule has 3 aromatic rings. The minimum atomic E-state index is -3.34. The van der Waals surface area contributed by atoms with E-state index >= 15 is 0 Å². The molecule has 0 aromatic carbocycles. The minimum Gasteiger partial charge on any atom is -0.346 e. The van der Waals surface area contributed by atoms with Crippen LogP contribution in [0, 0.1) is 6.92 Å². The number of aromatic nitrogens is 2. The second-order valence-corrected chi connectivity index (χ2v) is 9.64. The maximum atomic E-state index is 12.7. The van der Waals surface area contributed by atoms with Crippen molar-refractivity contribution in [2.75, 3.05) is 13.1 Å². The lowest BCUT2D eigenvalue weighted by atomic mass is 9.90. The number of aromatic amines is 1. The van der Waals surface area contributed by atoms with E-state index in [0.717, 1.165) is 28.8 Å². The van der Waals surface area contributed by atoms with Crippen molar-refractivity contribution in [2.24, 2.45) is 0 Å². The Labute approximate surface area is 145 Å². The molecule has 7 heteroatoms. The fourth-order valence-electron chi connectivity index (χ4n) is 3.40. The number of nitrogens with zero attached hydrogens (tertiary/aromatic N) is 2. The first kappa shape index (κ1) is 15.8. The fourth-order valence-corrected chi connectivity index (χ4v) is 6.31. The third-order valence-electron chi connectivity index (χ3n) is 4.69. The molecular weight excluding hydrogens is 342 g/mol. The Morgan fingerprint density at radius 1 is 1.25 bits per heavy atom. The summed E-state index contributed by atoms with van der Waals surface area (Å²) in [6, 6.07) is 7.60. The monoisotopic (exact) mass is 361 g/mol. The molecule has 1 aliphatic heterocycles. The zero-order chi connectivity index (χ0) is 16.7. The van der Waals surface area contributed by atoms with Gasteiger partial charge in [0.15, 0.2) is 0 Å². The van der Waals surface area contributed by atoms with Crippen LogP contribution in [0.25, 0.3) is 11.0 Å². The maximum Gasteiger partial charge on any atom is 0.252 e. The molecule has 1 N–H and O–H groups in total. The van der Waals surface area contributed by atoms with Crippen molar-refractivity contribution >= 4 is 32.4 Å². The van der Waals surface area contributed by atoms with Crippen molar-refractivity contribution < 1.29 is 8.42 Å². The number of aryl methyl sites for hydroxylation is 1. The number of piperidine rings is 1. The summed E-state index contributed by atoms with van der Waals surface area (Å²) in [7, 11) is -3.34. The first-order valence-electron chi connectivity index (χ1n) is 8.04. The van der Waals surface area contributed by atoms with E-state index in [0.29, 0.717) is 23.2 Å². The maximum absolute atomic E-state index is 12.7. The Hall–Kier alpha value is -1.70. The molecule has 1 fully saturated rings. The third-order valence-corrected chi connectivity index (χ3v) is 8.05. The summed E-state index contributed by atoms with van der Waals surface area (Å²) in [5.41, 5.74) is 2.15. The molecule has 1 saturated heterocycles. The van der Waals surface area contributed by atoms with E-state index in [1.54, 1.807) is 16.6 Å². The van der Waals surface area contributed by atoms with Crippen molar-refractivity contribution in [3.63, 3.8) is 0 Å². The Morgan fingerprint density at radius 2 is 2.04 bits per heavy atom. The van der Waals surface area contributed by atoms with Crippen LogP contribution in [0.3, 0.4) is 0 Å². The van der Waals surface area contributed by atoms with Gasteiger partial charge in [-0.3, -0.25) is 0 Å². The number of nitrogens with one attached hydrogen (secondary N) is 1. The van der Waals surface area contributed by atoms with Crippen LogP contribution in [-0.4, -0.2) is 35.8 Å².